The van der Waals surface area contributed by atoms with E-state index in [1.807, 2.05) is 0 Å². The number of nitrogens with zero attached hydrogens (tertiary/aromatic N) is 3. The molecule has 0 aliphatic carbocycles. The lowest BCUT2D eigenvalue weighted by molar-refractivity contribution is -0.121. The van der Waals surface area contributed by atoms with Crippen molar-refractivity contribution < 1.29 is 42.9 Å². The summed E-state index contributed by atoms with van der Waals surface area (Å²) in [5.41, 5.74) is -2.54. The lowest BCUT2D eigenvalue weighted by Gasteiger charge is -2.14. The lowest BCUT2D eigenvalue weighted by Crippen LogP contribution is -2.55. The van der Waals surface area contributed by atoms with Gasteiger partial charge in [-0.15, -0.1) is 0 Å². The first-order valence-electron chi connectivity index (χ1n) is 12.4. The van der Waals surface area contributed by atoms with Gasteiger partial charge >= 0.3 is 29.3 Å². The summed E-state index contributed by atoms with van der Waals surface area (Å²) in [5.74, 6) is -0.631. The van der Waals surface area contributed by atoms with Gasteiger partial charge in [-0.25, -0.2) is 37.7 Å². The van der Waals surface area contributed by atoms with Crippen molar-refractivity contribution in [2.75, 3.05) is 46.4 Å². The van der Waals surface area contributed by atoms with Crippen molar-refractivity contribution in [3.63, 3.8) is 0 Å². The molecule has 1 aliphatic heterocycles. The minimum Gasteiger partial charge on any atom is -0.445 e. The number of amides is 3. The molecule has 0 spiro atoms. The van der Waals surface area contributed by atoms with Crippen LogP contribution in [-0.4, -0.2) is 90.3 Å². The highest BCUT2D eigenvalue weighted by atomic mass is 16.8. The predicted octanol–water partition coefficient (Wildman–Crippen LogP) is -2.57. The quantitative estimate of drug-likeness (QED) is 0.0994. The van der Waals surface area contributed by atoms with Crippen LogP contribution in [0.3, 0.4) is 0 Å². The zero-order valence-electron chi connectivity index (χ0n) is 22.3. The van der Waals surface area contributed by atoms with Crippen LogP contribution in [0, 0.1) is 0 Å². The van der Waals surface area contributed by atoms with Gasteiger partial charge in [0, 0.05) is 26.9 Å². The summed E-state index contributed by atoms with van der Waals surface area (Å²) >= 11 is 0. The van der Waals surface area contributed by atoms with Gasteiger partial charge in [-0.3, -0.25) is 9.59 Å². The van der Waals surface area contributed by atoms with Crippen molar-refractivity contribution in [2.24, 2.45) is 0 Å². The van der Waals surface area contributed by atoms with E-state index in [4.69, 9.17) is 18.9 Å². The molecule has 18 nitrogen and oxygen atoms in total. The van der Waals surface area contributed by atoms with Gasteiger partial charge in [-0.1, -0.05) is 0 Å². The van der Waals surface area contributed by atoms with E-state index in [9.17, 15) is 33.6 Å². The Balaban J connectivity index is 1.97. The molecule has 0 radical (unpaired) electrons. The number of aromatic nitrogens is 3. The lowest BCUT2D eigenvalue weighted by atomic mass is 10.3. The molecule has 1 saturated heterocycles. The number of rotatable bonds is 17. The van der Waals surface area contributed by atoms with Crippen LogP contribution in [0.15, 0.2) is 14.4 Å². The molecule has 1 aliphatic rings. The van der Waals surface area contributed by atoms with E-state index in [1.165, 1.54) is 13.8 Å². The number of hydrogen-bond acceptors (Lipinski definition) is 12. The number of hydrogen-bond donors (Lipinski definition) is 3. The maximum Gasteiger partial charge on any atom is 0.508 e. The standard InChI is InChI=1S/C22H34N6O12/c1-15(29)24-13-36-9-7-27-19(32)26(20(33)28(21(27)34)8-10-37-14-25-16(2)30)6-4-3-5-23-18(31)38-11-17-12-39-22(35)40-17/h17H,3-14H2,1-2H3,(H,23,31)(H,24,29)(H,25,30). The highest BCUT2D eigenvalue weighted by Crippen LogP contribution is 2.06. The molecule has 3 N–H and O–H groups in total. The number of cyclic esters (lactones) is 2. The Hall–Kier alpha value is -4.19. The minimum absolute atomic E-state index is 0.0105. The first-order chi connectivity index (χ1) is 19.1. The fourth-order valence-corrected chi connectivity index (χ4v) is 3.27. The molecule has 40 heavy (non-hydrogen) atoms. The van der Waals surface area contributed by atoms with Crippen LogP contribution in [0.4, 0.5) is 9.59 Å². The molecule has 1 fully saturated rings. The molecule has 0 saturated carbocycles. The summed E-state index contributed by atoms with van der Waals surface area (Å²) < 4.78 is 27.3. The first kappa shape index (κ1) is 32.0. The smallest absolute Gasteiger partial charge is 0.445 e. The third kappa shape index (κ3) is 10.9. The van der Waals surface area contributed by atoms with Crippen LogP contribution in [0.2, 0.25) is 0 Å². The van der Waals surface area contributed by atoms with Gasteiger partial charge in [-0.2, -0.15) is 0 Å². The summed E-state index contributed by atoms with van der Waals surface area (Å²) in [7, 11) is 0. The molecule has 1 atom stereocenters. The Labute approximate surface area is 227 Å². The Morgan fingerprint density at radius 1 is 0.800 bits per heavy atom. The summed E-state index contributed by atoms with van der Waals surface area (Å²) in [4.78, 5) is 83.4. The molecule has 0 aromatic carbocycles. The van der Waals surface area contributed by atoms with Gasteiger partial charge in [0.05, 0.1) is 26.3 Å². The van der Waals surface area contributed by atoms with E-state index in [1.54, 1.807) is 0 Å². The van der Waals surface area contributed by atoms with Crippen molar-refractivity contribution in [1.82, 2.24) is 29.7 Å². The molecule has 1 unspecified atom stereocenters. The van der Waals surface area contributed by atoms with Crippen LogP contribution in [0.1, 0.15) is 26.7 Å². The number of alkyl carbamates (subject to hydrolysis) is 1. The first-order valence-corrected chi connectivity index (χ1v) is 12.4. The fraction of sp³-hybridized carbons (Fsp3) is 0.682. The molecule has 0 bridgehead atoms. The Morgan fingerprint density at radius 3 is 1.80 bits per heavy atom. The Kier molecular flexibility index (Phi) is 13.4. The van der Waals surface area contributed by atoms with Crippen LogP contribution in [0.25, 0.3) is 0 Å². The van der Waals surface area contributed by atoms with E-state index in [0.717, 1.165) is 13.7 Å². The van der Waals surface area contributed by atoms with E-state index in [2.05, 4.69) is 20.7 Å². The van der Waals surface area contributed by atoms with Crippen molar-refractivity contribution >= 4 is 24.1 Å². The van der Waals surface area contributed by atoms with E-state index in [-0.39, 0.29) is 77.9 Å². The second kappa shape index (κ2) is 16.7. The number of nitrogens with one attached hydrogen (secondary N) is 3. The monoisotopic (exact) mass is 574 g/mol. The van der Waals surface area contributed by atoms with Crippen molar-refractivity contribution in [2.45, 2.75) is 52.4 Å². The maximum atomic E-state index is 13.0. The van der Waals surface area contributed by atoms with Gasteiger partial charge in [0.1, 0.15) is 26.7 Å². The molecular weight excluding hydrogens is 540 g/mol. The number of ether oxygens (including phenoxy) is 5. The molecule has 1 aromatic rings. The Morgan fingerprint density at radius 2 is 1.32 bits per heavy atom. The molecule has 2 rings (SSSR count). The van der Waals surface area contributed by atoms with Gasteiger partial charge in [0.2, 0.25) is 11.8 Å². The van der Waals surface area contributed by atoms with Crippen molar-refractivity contribution in [3.05, 3.63) is 31.5 Å². The van der Waals surface area contributed by atoms with Gasteiger partial charge in [-0.05, 0) is 12.8 Å². The van der Waals surface area contributed by atoms with Crippen molar-refractivity contribution in [1.29, 1.82) is 0 Å². The maximum absolute atomic E-state index is 13.0. The van der Waals surface area contributed by atoms with Crippen LogP contribution in [-0.2, 0) is 52.9 Å². The number of unbranched alkanes of at least 4 members (excludes halogenated alkanes) is 1. The van der Waals surface area contributed by atoms with Gasteiger partial charge in [0.15, 0.2) is 6.10 Å². The third-order valence-corrected chi connectivity index (χ3v) is 5.28. The predicted molar refractivity (Wildman–Crippen MR) is 133 cm³/mol. The van der Waals surface area contributed by atoms with E-state index < -0.39 is 35.4 Å². The van der Waals surface area contributed by atoms with Crippen LogP contribution in [0.5, 0.6) is 0 Å². The molecule has 1 aromatic heterocycles. The average Bonchev–Trinajstić information content (AvgIpc) is 3.32. The summed E-state index contributed by atoms with van der Waals surface area (Å²) in [6.07, 6.45) is -1.59. The zero-order valence-corrected chi connectivity index (χ0v) is 22.3. The molecule has 2 heterocycles. The zero-order chi connectivity index (χ0) is 29.5. The van der Waals surface area contributed by atoms with Crippen LogP contribution >= 0.6 is 0 Å². The summed E-state index contributed by atoms with van der Waals surface area (Å²) in [5, 5.41) is 7.33. The van der Waals surface area contributed by atoms with Gasteiger partial charge in [0.25, 0.3) is 0 Å². The second-order valence-electron chi connectivity index (χ2n) is 8.41. The highest BCUT2D eigenvalue weighted by molar-refractivity contribution is 5.72. The van der Waals surface area contributed by atoms with Gasteiger partial charge < -0.3 is 39.6 Å². The second-order valence-corrected chi connectivity index (χ2v) is 8.41. The van der Waals surface area contributed by atoms with Crippen molar-refractivity contribution in [3.8, 4) is 0 Å². The Bertz CT molecular complexity index is 1140. The summed E-state index contributed by atoms with van der Waals surface area (Å²) in [6.45, 7) is 1.75. The summed E-state index contributed by atoms with van der Waals surface area (Å²) in [6, 6.07) is 0. The average molecular weight is 575 g/mol. The third-order valence-electron chi connectivity index (χ3n) is 5.28. The number of carbonyl (C=O) groups excluding carboxylic acids is 4. The number of carbonyl (C=O) groups is 4. The highest BCUT2D eigenvalue weighted by Gasteiger charge is 2.26. The molecular formula is C22H34N6O12. The SMILES string of the molecule is CC(=O)NCOCCn1c(=O)n(CCCCNC(=O)OCC2COC(=O)O2)c(=O)n(CCOCNC(C)=O)c1=O. The van der Waals surface area contributed by atoms with E-state index >= 15 is 0 Å². The molecule has 224 valence electrons. The topological polar surface area (TPSA) is 217 Å². The minimum atomic E-state index is -0.861. The van der Waals surface area contributed by atoms with Crippen LogP contribution < -0.4 is 33.0 Å². The molecule has 18 heteroatoms. The molecule has 3 amide bonds. The van der Waals surface area contributed by atoms with E-state index in [0.29, 0.717) is 12.8 Å². The fourth-order valence-electron chi connectivity index (χ4n) is 3.27. The largest absolute Gasteiger partial charge is 0.508 e. The normalized spacial score (nSPS) is 14.2.